The summed E-state index contributed by atoms with van der Waals surface area (Å²) in [5.41, 5.74) is 2.50. The largest absolute Gasteiger partial charge is 0.356 e. The van der Waals surface area contributed by atoms with E-state index in [1.165, 1.54) is 29.3 Å². The van der Waals surface area contributed by atoms with Crippen LogP contribution in [0.2, 0.25) is 0 Å². The van der Waals surface area contributed by atoms with Gasteiger partial charge in [-0.05, 0) is 31.6 Å². The molecule has 1 aromatic rings. The molecule has 4 nitrogen and oxygen atoms in total. The molecule has 1 atom stereocenters. The SMILES string of the molecule is Cc1nn(C)c(N(C)C2CCSC2)c1CNCC(C)C. The molecular formula is C15H28N4S. The first-order valence-corrected chi connectivity index (χ1v) is 8.70. The summed E-state index contributed by atoms with van der Waals surface area (Å²) in [6, 6.07) is 0.652. The highest BCUT2D eigenvalue weighted by Crippen LogP contribution is 2.29. The predicted octanol–water partition coefficient (Wildman–Crippen LogP) is 2.42. The van der Waals surface area contributed by atoms with Crippen LogP contribution in [0.25, 0.3) is 0 Å². The zero-order chi connectivity index (χ0) is 14.7. The molecule has 5 heteroatoms. The Labute approximate surface area is 127 Å². The molecule has 1 N–H and O–H groups in total. The Morgan fingerprint density at radius 1 is 1.50 bits per heavy atom. The fourth-order valence-electron chi connectivity index (χ4n) is 2.82. The summed E-state index contributed by atoms with van der Waals surface area (Å²) in [5, 5.41) is 8.19. The van der Waals surface area contributed by atoms with Gasteiger partial charge in [-0.25, -0.2) is 0 Å². The molecule has 0 aliphatic carbocycles. The number of thioether (sulfide) groups is 1. The highest BCUT2D eigenvalue weighted by Gasteiger charge is 2.25. The first kappa shape index (κ1) is 15.7. The fourth-order valence-corrected chi connectivity index (χ4v) is 4.09. The summed E-state index contributed by atoms with van der Waals surface area (Å²) in [7, 11) is 4.28. The molecule has 1 aliphatic rings. The summed E-state index contributed by atoms with van der Waals surface area (Å²) in [4.78, 5) is 2.44. The number of nitrogens with zero attached hydrogens (tertiary/aromatic N) is 3. The molecule has 2 heterocycles. The lowest BCUT2D eigenvalue weighted by atomic mass is 10.1. The van der Waals surface area contributed by atoms with E-state index in [0.29, 0.717) is 12.0 Å². The molecule has 114 valence electrons. The van der Waals surface area contributed by atoms with Gasteiger partial charge in [0.25, 0.3) is 0 Å². The van der Waals surface area contributed by atoms with Gasteiger partial charge in [0, 0.05) is 38.0 Å². The first-order valence-electron chi connectivity index (χ1n) is 7.54. The molecule has 0 radical (unpaired) electrons. The van der Waals surface area contributed by atoms with Gasteiger partial charge in [0.05, 0.1) is 5.69 Å². The first-order chi connectivity index (χ1) is 9.50. The third-order valence-corrected chi connectivity index (χ3v) is 5.10. The standard InChI is InChI=1S/C15H28N4S/c1-11(2)8-16-9-14-12(3)17-19(5)15(14)18(4)13-6-7-20-10-13/h11,13,16H,6-10H2,1-5H3. The van der Waals surface area contributed by atoms with Crippen LogP contribution in [-0.2, 0) is 13.6 Å². The van der Waals surface area contributed by atoms with E-state index >= 15 is 0 Å². The van der Waals surface area contributed by atoms with Crippen LogP contribution in [0.1, 0.15) is 31.5 Å². The van der Waals surface area contributed by atoms with Crippen molar-refractivity contribution in [1.29, 1.82) is 0 Å². The van der Waals surface area contributed by atoms with Crippen LogP contribution in [0.4, 0.5) is 5.82 Å². The van der Waals surface area contributed by atoms with Crippen LogP contribution in [0.5, 0.6) is 0 Å². The zero-order valence-corrected chi connectivity index (χ0v) is 14.3. The van der Waals surface area contributed by atoms with E-state index in [1.807, 2.05) is 4.68 Å². The van der Waals surface area contributed by atoms with Gasteiger partial charge in [-0.15, -0.1) is 0 Å². The quantitative estimate of drug-likeness (QED) is 0.874. The second-order valence-electron chi connectivity index (χ2n) is 6.16. The number of nitrogens with one attached hydrogen (secondary N) is 1. The molecule has 0 bridgehead atoms. The maximum atomic E-state index is 4.63. The van der Waals surface area contributed by atoms with Crippen molar-refractivity contribution in [3.05, 3.63) is 11.3 Å². The molecule has 1 fully saturated rings. The van der Waals surface area contributed by atoms with E-state index in [1.54, 1.807) is 0 Å². The van der Waals surface area contributed by atoms with Crippen LogP contribution in [0.3, 0.4) is 0 Å². The van der Waals surface area contributed by atoms with Gasteiger partial charge in [-0.2, -0.15) is 16.9 Å². The summed E-state index contributed by atoms with van der Waals surface area (Å²) in [6.07, 6.45) is 1.28. The Balaban J connectivity index is 2.13. The smallest absolute Gasteiger partial charge is 0.131 e. The number of hydrogen-bond donors (Lipinski definition) is 1. The average molecular weight is 296 g/mol. The predicted molar refractivity (Wildman–Crippen MR) is 88.6 cm³/mol. The molecule has 0 saturated carbocycles. The Kier molecular flexibility index (Phi) is 5.38. The molecular weight excluding hydrogens is 268 g/mol. The van der Waals surface area contributed by atoms with E-state index in [0.717, 1.165) is 18.8 Å². The van der Waals surface area contributed by atoms with Crippen molar-refractivity contribution in [2.24, 2.45) is 13.0 Å². The molecule has 1 aliphatic heterocycles. The van der Waals surface area contributed by atoms with Crippen molar-refractivity contribution in [2.45, 2.75) is 39.8 Å². The topological polar surface area (TPSA) is 33.1 Å². The zero-order valence-electron chi connectivity index (χ0n) is 13.4. The van der Waals surface area contributed by atoms with E-state index in [9.17, 15) is 0 Å². The lowest BCUT2D eigenvalue weighted by molar-refractivity contribution is 0.550. The highest BCUT2D eigenvalue weighted by molar-refractivity contribution is 7.99. The van der Waals surface area contributed by atoms with Crippen LogP contribution in [0.15, 0.2) is 0 Å². The van der Waals surface area contributed by atoms with Crippen molar-refractivity contribution in [3.8, 4) is 0 Å². The molecule has 1 aromatic heterocycles. The third-order valence-electron chi connectivity index (χ3n) is 3.96. The van der Waals surface area contributed by atoms with Gasteiger partial charge < -0.3 is 10.2 Å². The van der Waals surface area contributed by atoms with E-state index in [2.05, 4.69) is 61.9 Å². The average Bonchev–Trinajstić information content (AvgIpc) is 2.97. The summed E-state index contributed by atoms with van der Waals surface area (Å²) in [6.45, 7) is 8.57. The molecule has 0 aromatic carbocycles. The number of hydrogen-bond acceptors (Lipinski definition) is 4. The maximum Gasteiger partial charge on any atom is 0.131 e. The molecule has 1 unspecified atom stereocenters. The lowest BCUT2D eigenvalue weighted by Crippen LogP contribution is -2.34. The maximum absolute atomic E-state index is 4.63. The van der Waals surface area contributed by atoms with Crippen LogP contribution >= 0.6 is 11.8 Å². The van der Waals surface area contributed by atoms with Crippen molar-refractivity contribution in [1.82, 2.24) is 15.1 Å². The van der Waals surface area contributed by atoms with Gasteiger partial charge in [0.2, 0.25) is 0 Å². The van der Waals surface area contributed by atoms with Crippen molar-refractivity contribution >= 4 is 17.6 Å². The van der Waals surface area contributed by atoms with Crippen LogP contribution in [0, 0.1) is 12.8 Å². The van der Waals surface area contributed by atoms with E-state index in [4.69, 9.17) is 0 Å². The van der Waals surface area contributed by atoms with Gasteiger partial charge in [-0.1, -0.05) is 13.8 Å². The van der Waals surface area contributed by atoms with Gasteiger partial charge >= 0.3 is 0 Å². The second-order valence-corrected chi connectivity index (χ2v) is 7.31. The van der Waals surface area contributed by atoms with Crippen LogP contribution in [-0.4, -0.2) is 40.9 Å². The minimum Gasteiger partial charge on any atom is -0.356 e. The summed E-state index contributed by atoms with van der Waals surface area (Å²) in [5.74, 6) is 4.48. The fraction of sp³-hybridized carbons (Fsp3) is 0.800. The molecule has 0 amide bonds. The Morgan fingerprint density at radius 2 is 2.25 bits per heavy atom. The third kappa shape index (κ3) is 3.50. The molecule has 0 spiro atoms. The van der Waals surface area contributed by atoms with Gasteiger partial charge in [0.1, 0.15) is 5.82 Å². The summed E-state index contributed by atoms with van der Waals surface area (Å²) >= 11 is 2.06. The number of aryl methyl sites for hydroxylation is 2. The van der Waals surface area contributed by atoms with E-state index < -0.39 is 0 Å². The Bertz CT molecular complexity index is 435. The van der Waals surface area contributed by atoms with Gasteiger partial charge in [0.15, 0.2) is 0 Å². The normalized spacial score (nSPS) is 19.0. The molecule has 20 heavy (non-hydrogen) atoms. The second kappa shape index (κ2) is 6.85. The molecule has 2 rings (SSSR count). The lowest BCUT2D eigenvalue weighted by Gasteiger charge is -2.27. The van der Waals surface area contributed by atoms with Crippen molar-refractivity contribution < 1.29 is 0 Å². The minimum atomic E-state index is 0.652. The monoisotopic (exact) mass is 296 g/mol. The van der Waals surface area contributed by atoms with Crippen molar-refractivity contribution in [3.63, 3.8) is 0 Å². The van der Waals surface area contributed by atoms with Gasteiger partial charge in [-0.3, -0.25) is 4.68 Å². The van der Waals surface area contributed by atoms with E-state index in [-0.39, 0.29) is 0 Å². The Morgan fingerprint density at radius 3 is 2.85 bits per heavy atom. The summed E-state index contributed by atoms with van der Waals surface area (Å²) < 4.78 is 2.05. The van der Waals surface area contributed by atoms with Crippen LogP contribution < -0.4 is 10.2 Å². The van der Waals surface area contributed by atoms with Crippen molar-refractivity contribution in [2.75, 3.05) is 30.0 Å². The Hall–Kier alpha value is -0.680. The minimum absolute atomic E-state index is 0.652. The molecule has 1 saturated heterocycles. The number of rotatable bonds is 6. The highest BCUT2D eigenvalue weighted by atomic mass is 32.2. The number of aromatic nitrogens is 2. The number of anilines is 1.